The number of sulfonamides is 1. The summed E-state index contributed by atoms with van der Waals surface area (Å²) in [6, 6.07) is 12.0. The van der Waals surface area contributed by atoms with Crippen molar-refractivity contribution < 1.29 is 12.8 Å². The van der Waals surface area contributed by atoms with Gasteiger partial charge in [0, 0.05) is 29.1 Å². The van der Waals surface area contributed by atoms with Crippen LogP contribution in [0.3, 0.4) is 0 Å². The zero-order valence-electron chi connectivity index (χ0n) is 14.6. The van der Waals surface area contributed by atoms with E-state index in [1.807, 2.05) is 16.7 Å². The topological polar surface area (TPSA) is 87.8 Å². The summed E-state index contributed by atoms with van der Waals surface area (Å²) in [7, 11) is -3.32. The van der Waals surface area contributed by atoms with Gasteiger partial charge in [-0.3, -0.25) is 0 Å². The molecule has 2 heterocycles. The molecule has 8 heteroatoms. The SMILES string of the molecule is CS(=O)(=O)NC1Cc2c(n(Cc3cccc(F)n3)c3ccc(C#N)cc23)C1. The van der Waals surface area contributed by atoms with E-state index in [2.05, 4.69) is 15.8 Å². The van der Waals surface area contributed by atoms with Crippen LogP contribution in [-0.4, -0.2) is 30.3 Å². The molecule has 6 nitrogen and oxygen atoms in total. The fourth-order valence-corrected chi connectivity index (χ4v) is 4.60. The zero-order chi connectivity index (χ0) is 19.2. The molecule has 4 rings (SSSR count). The maximum atomic E-state index is 13.5. The average Bonchev–Trinajstić information content (AvgIpc) is 3.11. The smallest absolute Gasteiger partial charge is 0.213 e. The van der Waals surface area contributed by atoms with Crippen LogP contribution < -0.4 is 4.72 Å². The Bertz CT molecular complexity index is 1190. The highest BCUT2D eigenvalue weighted by molar-refractivity contribution is 7.88. The van der Waals surface area contributed by atoms with E-state index < -0.39 is 16.0 Å². The Hall–Kier alpha value is -2.76. The summed E-state index contributed by atoms with van der Waals surface area (Å²) in [4.78, 5) is 3.94. The number of nitrogens with zero attached hydrogens (tertiary/aromatic N) is 3. The number of rotatable bonds is 4. The van der Waals surface area contributed by atoms with Gasteiger partial charge in [-0.25, -0.2) is 18.1 Å². The first-order chi connectivity index (χ1) is 12.8. The van der Waals surface area contributed by atoms with Crippen LogP contribution in [0.25, 0.3) is 10.9 Å². The monoisotopic (exact) mass is 384 g/mol. The Morgan fingerprint density at radius 3 is 2.85 bits per heavy atom. The number of benzene rings is 1. The van der Waals surface area contributed by atoms with Crippen molar-refractivity contribution in [2.75, 3.05) is 6.26 Å². The molecular formula is C19H17FN4O2S. The first kappa shape index (κ1) is 17.6. The second-order valence-corrected chi connectivity index (χ2v) is 8.58. The highest BCUT2D eigenvalue weighted by Gasteiger charge is 2.30. The van der Waals surface area contributed by atoms with E-state index in [4.69, 9.17) is 0 Å². The molecule has 138 valence electrons. The van der Waals surface area contributed by atoms with E-state index in [1.165, 1.54) is 6.07 Å². The number of pyridine rings is 1. The quantitative estimate of drug-likeness (QED) is 0.698. The lowest BCUT2D eigenvalue weighted by Gasteiger charge is -2.13. The number of hydrogen-bond acceptors (Lipinski definition) is 4. The van der Waals surface area contributed by atoms with Gasteiger partial charge >= 0.3 is 0 Å². The van der Waals surface area contributed by atoms with Crippen LogP contribution in [0.15, 0.2) is 36.4 Å². The molecular weight excluding hydrogens is 367 g/mol. The van der Waals surface area contributed by atoms with Gasteiger partial charge in [0.2, 0.25) is 16.0 Å². The molecule has 27 heavy (non-hydrogen) atoms. The third-order valence-electron chi connectivity index (χ3n) is 4.78. The minimum absolute atomic E-state index is 0.230. The summed E-state index contributed by atoms with van der Waals surface area (Å²) in [6.07, 6.45) is 2.23. The van der Waals surface area contributed by atoms with E-state index in [1.54, 1.807) is 18.2 Å². The van der Waals surface area contributed by atoms with Crippen LogP contribution in [0.5, 0.6) is 0 Å². The molecule has 0 saturated carbocycles. The minimum Gasteiger partial charge on any atom is -0.338 e. The van der Waals surface area contributed by atoms with Crippen molar-refractivity contribution >= 4 is 20.9 Å². The third kappa shape index (κ3) is 3.44. The molecule has 1 unspecified atom stereocenters. The van der Waals surface area contributed by atoms with Gasteiger partial charge in [0.05, 0.1) is 30.1 Å². The lowest BCUT2D eigenvalue weighted by molar-refractivity contribution is 0.556. The molecule has 0 bridgehead atoms. The number of fused-ring (bicyclic) bond motifs is 3. The van der Waals surface area contributed by atoms with Crippen molar-refractivity contribution in [3.05, 3.63) is 64.9 Å². The van der Waals surface area contributed by atoms with Crippen molar-refractivity contribution in [1.82, 2.24) is 14.3 Å². The van der Waals surface area contributed by atoms with E-state index in [0.29, 0.717) is 30.6 Å². The largest absolute Gasteiger partial charge is 0.338 e. The van der Waals surface area contributed by atoms with E-state index in [-0.39, 0.29) is 6.04 Å². The molecule has 1 N–H and O–H groups in total. The molecule has 1 aliphatic carbocycles. The normalized spacial score (nSPS) is 16.4. The average molecular weight is 384 g/mol. The first-order valence-electron chi connectivity index (χ1n) is 8.47. The number of nitrogens with one attached hydrogen (secondary N) is 1. The Balaban J connectivity index is 1.82. The fraction of sp³-hybridized carbons (Fsp3) is 0.263. The Kier molecular flexibility index (Phi) is 4.21. The van der Waals surface area contributed by atoms with Gasteiger partial charge < -0.3 is 4.57 Å². The Morgan fingerprint density at radius 2 is 2.15 bits per heavy atom. The highest BCUT2D eigenvalue weighted by atomic mass is 32.2. The summed E-state index contributed by atoms with van der Waals surface area (Å²) in [5, 5.41) is 10.2. The van der Waals surface area contributed by atoms with Gasteiger partial charge in [0.1, 0.15) is 0 Å². The Labute approximate surface area is 156 Å². The van der Waals surface area contributed by atoms with Crippen molar-refractivity contribution in [3.8, 4) is 6.07 Å². The molecule has 0 fully saturated rings. The molecule has 0 amide bonds. The fourth-order valence-electron chi connectivity index (χ4n) is 3.83. The van der Waals surface area contributed by atoms with Gasteiger partial charge in [-0.1, -0.05) is 6.07 Å². The second-order valence-electron chi connectivity index (χ2n) is 6.80. The molecule has 1 atom stereocenters. The summed E-state index contributed by atoms with van der Waals surface area (Å²) in [6.45, 7) is 0.376. The van der Waals surface area contributed by atoms with Crippen LogP contribution in [0, 0.1) is 17.3 Å². The van der Waals surface area contributed by atoms with Crippen molar-refractivity contribution in [2.24, 2.45) is 0 Å². The minimum atomic E-state index is -3.32. The van der Waals surface area contributed by atoms with Gasteiger partial charge in [-0.2, -0.15) is 9.65 Å². The highest BCUT2D eigenvalue weighted by Crippen LogP contribution is 2.34. The number of hydrogen-bond donors (Lipinski definition) is 1. The molecule has 0 aliphatic heterocycles. The van der Waals surface area contributed by atoms with Crippen LogP contribution in [0.4, 0.5) is 4.39 Å². The summed E-state index contributed by atoms with van der Waals surface area (Å²) >= 11 is 0. The molecule has 1 aromatic carbocycles. The Morgan fingerprint density at radius 1 is 1.33 bits per heavy atom. The van der Waals surface area contributed by atoms with E-state index >= 15 is 0 Å². The standard InChI is InChI=1S/C19H17FN4O2S/c1-27(25,26)23-14-8-16-15-7-12(10-21)5-6-17(15)24(18(16)9-14)11-13-3-2-4-19(20)22-13/h2-7,14,23H,8-9,11H2,1H3. The third-order valence-corrected chi connectivity index (χ3v) is 5.54. The van der Waals surface area contributed by atoms with Crippen molar-refractivity contribution in [3.63, 3.8) is 0 Å². The zero-order valence-corrected chi connectivity index (χ0v) is 15.4. The molecule has 2 aromatic heterocycles. The van der Waals surface area contributed by atoms with Crippen LogP contribution in [-0.2, 0) is 29.4 Å². The summed E-state index contributed by atoms with van der Waals surface area (Å²) in [5.74, 6) is -0.538. The predicted octanol–water partition coefficient (Wildman–Crippen LogP) is 2.11. The predicted molar refractivity (Wildman–Crippen MR) is 99.1 cm³/mol. The molecule has 0 spiro atoms. The molecule has 0 radical (unpaired) electrons. The maximum Gasteiger partial charge on any atom is 0.213 e. The first-order valence-corrected chi connectivity index (χ1v) is 10.4. The van der Waals surface area contributed by atoms with Crippen LogP contribution in [0.1, 0.15) is 22.5 Å². The maximum absolute atomic E-state index is 13.5. The number of aromatic nitrogens is 2. The lowest BCUT2D eigenvalue weighted by atomic mass is 10.1. The molecule has 3 aromatic rings. The van der Waals surface area contributed by atoms with Gasteiger partial charge in [0.25, 0.3) is 0 Å². The summed E-state index contributed by atoms with van der Waals surface area (Å²) < 4.78 is 41.4. The molecule has 0 saturated heterocycles. The summed E-state index contributed by atoms with van der Waals surface area (Å²) in [5.41, 5.74) is 4.08. The van der Waals surface area contributed by atoms with Crippen LogP contribution in [0.2, 0.25) is 0 Å². The van der Waals surface area contributed by atoms with Gasteiger partial charge in [0.15, 0.2) is 0 Å². The van der Waals surface area contributed by atoms with Crippen LogP contribution >= 0.6 is 0 Å². The number of halogens is 1. The van der Waals surface area contributed by atoms with Gasteiger partial charge in [-0.05, 0) is 42.3 Å². The molecule has 1 aliphatic rings. The second kappa shape index (κ2) is 6.44. The van der Waals surface area contributed by atoms with Gasteiger partial charge in [-0.15, -0.1) is 0 Å². The number of nitriles is 1. The van der Waals surface area contributed by atoms with E-state index in [9.17, 15) is 18.1 Å². The van der Waals surface area contributed by atoms with Crippen molar-refractivity contribution in [2.45, 2.75) is 25.4 Å². The lowest BCUT2D eigenvalue weighted by Crippen LogP contribution is -2.34. The van der Waals surface area contributed by atoms with Crippen molar-refractivity contribution in [1.29, 1.82) is 5.26 Å². The van der Waals surface area contributed by atoms with E-state index in [0.717, 1.165) is 28.4 Å².